The van der Waals surface area contributed by atoms with E-state index < -0.39 is 0 Å². The second kappa shape index (κ2) is 10.6. The van der Waals surface area contributed by atoms with Gasteiger partial charge in [0.05, 0.1) is 6.04 Å². The van der Waals surface area contributed by atoms with Crippen LogP contribution in [0.25, 0.3) is 0 Å². The van der Waals surface area contributed by atoms with E-state index in [1.54, 1.807) is 0 Å². The molecule has 1 unspecified atom stereocenters. The third-order valence-electron chi connectivity index (χ3n) is 4.84. The SMILES string of the molecule is CCC(=O)Nc1ccc(N(C)C)c(CN(C(=O)COC)C(C)c2ccccc2)c1. The van der Waals surface area contributed by atoms with Crippen LogP contribution in [0.4, 0.5) is 11.4 Å². The highest BCUT2D eigenvalue weighted by Gasteiger charge is 2.23. The number of anilines is 2. The number of ether oxygens (including phenoxy) is 1. The number of benzene rings is 2. The number of hydrogen-bond donors (Lipinski definition) is 1. The van der Waals surface area contributed by atoms with E-state index in [4.69, 9.17) is 4.74 Å². The molecule has 0 saturated carbocycles. The van der Waals surface area contributed by atoms with Crippen LogP contribution in [0.1, 0.15) is 37.4 Å². The minimum atomic E-state index is -0.122. The molecule has 156 valence electrons. The topological polar surface area (TPSA) is 61.9 Å². The molecule has 2 amide bonds. The Hall–Kier alpha value is -2.86. The van der Waals surface area contributed by atoms with E-state index in [1.165, 1.54) is 7.11 Å². The lowest BCUT2D eigenvalue weighted by Gasteiger charge is -2.31. The summed E-state index contributed by atoms with van der Waals surface area (Å²) < 4.78 is 5.12. The maximum atomic E-state index is 12.9. The van der Waals surface area contributed by atoms with E-state index in [0.29, 0.717) is 13.0 Å². The second-order valence-electron chi connectivity index (χ2n) is 7.18. The third kappa shape index (κ3) is 6.06. The van der Waals surface area contributed by atoms with Crippen LogP contribution in [0.15, 0.2) is 48.5 Å². The highest BCUT2D eigenvalue weighted by atomic mass is 16.5. The number of nitrogens with one attached hydrogen (secondary N) is 1. The van der Waals surface area contributed by atoms with E-state index in [0.717, 1.165) is 22.5 Å². The third-order valence-corrected chi connectivity index (χ3v) is 4.84. The van der Waals surface area contributed by atoms with Crippen LogP contribution >= 0.6 is 0 Å². The van der Waals surface area contributed by atoms with Crippen molar-refractivity contribution in [2.24, 2.45) is 0 Å². The van der Waals surface area contributed by atoms with E-state index in [2.05, 4.69) is 5.32 Å². The summed E-state index contributed by atoms with van der Waals surface area (Å²) >= 11 is 0. The van der Waals surface area contributed by atoms with Gasteiger partial charge in [-0.15, -0.1) is 0 Å². The summed E-state index contributed by atoms with van der Waals surface area (Å²) in [6.45, 7) is 4.25. The van der Waals surface area contributed by atoms with Crippen LogP contribution in [0.3, 0.4) is 0 Å². The van der Waals surface area contributed by atoms with Gasteiger partial charge in [0.25, 0.3) is 0 Å². The van der Waals surface area contributed by atoms with Crippen LogP contribution in [-0.2, 0) is 20.9 Å². The first-order chi connectivity index (χ1) is 13.9. The molecular formula is C23H31N3O3. The average molecular weight is 398 g/mol. The molecule has 0 aromatic heterocycles. The number of hydrogen-bond acceptors (Lipinski definition) is 4. The average Bonchev–Trinajstić information content (AvgIpc) is 2.72. The Balaban J connectivity index is 2.41. The fourth-order valence-electron chi connectivity index (χ4n) is 3.22. The van der Waals surface area contributed by atoms with Gasteiger partial charge in [-0.05, 0) is 36.2 Å². The van der Waals surface area contributed by atoms with Crippen molar-refractivity contribution in [1.82, 2.24) is 4.90 Å². The van der Waals surface area contributed by atoms with Crippen LogP contribution in [-0.4, -0.2) is 44.5 Å². The summed E-state index contributed by atoms with van der Waals surface area (Å²) in [4.78, 5) is 28.5. The van der Waals surface area contributed by atoms with Gasteiger partial charge in [0.1, 0.15) is 6.61 Å². The fraction of sp³-hybridized carbons (Fsp3) is 0.391. The van der Waals surface area contributed by atoms with Gasteiger partial charge in [-0.2, -0.15) is 0 Å². The highest BCUT2D eigenvalue weighted by molar-refractivity contribution is 5.91. The lowest BCUT2D eigenvalue weighted by molar-refractivity contribution is -0.138. The van der Waals surface area contributed by atoms with Gasteiger partial charge in [0.15, 0.2) is 0 Å². The predicted molar refractivity (Wildman–Crippen MR) is 117 cm³/mol. The summed E-state index contributed by atoms with van der Waals surface area (Å²) in [6.07, 6.45) is 0.411. The van der Waals surface area contributed by atoms with E-state index in [9.17, 15) is 9.59 Å². The molecule has 0 saturated heterocycles. The number of carbonyl (C=O) groups is 2. The van der Waals surface area contributed by atoms with Crippen LogP contribution in [0.2, 0.25) is 0 Å². The number of amides is 2. The summed E-state index contributed by atoms with van der Waals surface area (Å²) in [5, 5.41) is 2.90. The molecule has 2 aromatic carbocycles. The molecule has 0 spiro atoms. The summed E-state index contributed by atoms with van der Waals surface area (Å²) in [7, 11) is 5.45. The smallest absolute Gasteiger partial charge is 0.249 e. The van der Waals surface area contributed by atoms with Crippen molar-refractivity contribution >= 4 is 23.2 Å². The van der Waals surface area contributed by atoms with E-state index in [1.807, 2.05) is 86.3 Å². The molecule has 1 atom stereocenters. The molecule has 6 nitrogen and oxygen atoms in total. The molecule has 6 heteroatoms. The monoisotopic (exact) mass is 397 g/mol. The second-order valence-corrected chi connectivity index (χ2v) is 7.18. The van der Waals surface area contributed by atoms with Crippen LogP contribution < -0.4 is 10.2 Å². The van der Waals surface area contributed by atoms with Crippen molar-refractivity contribution < 1.29 is 14.3 Å². The molecule has 0 fully saturated rings. The van der Waals surface area contributed by atoms with E-state index in [-0.39, 0.29) is 24.5 Å². The maximum Gasteiger partial charge on any atom is 0.249 e. The van der Waals surface area contributed by atoms with Gasteiger partial charge >= 0.3 is 0 Å². The largest absolute Gasteiger partial charge is 0.377 e. The maximum absolute atomic E-state index is 12.9. The number of nitrogens with zero attached hydrogens (tertiary/aromatic N) is 2. The zero-order valence-electron chi connectivity index (χ0n) is 17.9. The van der Waals surface area contributed by atoms with Gasteiger partial charge in [0, 0.05) is 45.5 Å². The molecule has 2 rings (SSSR count). The first-order valence-electron chi connectivity index (χ1n) is 9.80. The molecule has 1 N–H and O–H groups in total. The fourth-order valence-corrected chi connectivity index (χ4v) is 3.22. The number of methoxy groups -OCH3 is 1. The lowest BCUT2D eigenvalue weighted by Crippen LogP contribution is -2.36. The lowest BCUT2D eigenvalue weighted by atomic mass is 10.0. The minimum Gasteiger partial charge on any atom is -0.377 e. The van der Waals surface area contributed by atoms with Crippen molar-refractivity contribution in [3.63, 3.8) is 0 Å². The quantitative estimate of drug-likeness (QED) is 0.698. The first kappa shape index (κ1) is 22.4. The molecule has 0 radical (unpaired) electrons. The zero-order chi connectivity index (χ0) is 21.4. The van der Waals surface area contributed by atoms with Crippen LogP contribution in [0, 0.1) is 0 Å². The van der Waals surface area contributed by atoms with Gasteiger partial charge in [-0.1, -0.05) is 37.3 Å². The molecule has 0 aliphatic carbocycles. The van der Waals surface area contributed by atoms with Crippen molar-refractivity contribution in [2.75, 3.05) is 38.0 Å². The van der Waals surface area contributed by atoms with Crippen molar-refractivity contribution in [3.8, 4) is 0 Å². The van der Waals surface area contributed by atoms with Gasteiger partial charge in [-0.25, -0.2) is 0 Å². The Labute approximate surface area is 173 Å². The molecule has 0 aliphatic heterocycles. The molecular weight excluding hydrogens is 366 g/mol. The Morgan fingerprint density at radius 3 is 2.38 bits per heavy atom. The number of carbonyl (C=O) groups excluding carboxylic acids is 2. The molecule has 0 heterocycles. The van der Waals surface area contributed by atoms with Crippen molar-refractivity contribution in [3.05, 3.63) is 59.7 Å². The Kier molecular flexibility index (Phi) is 8.21. The normalized spacial score (nSPS) is 11.6. The summed E-state index contributed by atoms with van der Waals surface area (Å²) in [5.41, 5.74) is 3.73. The molecule has 0 aliphatic rings. The number of rotatable bonds is 9. The molecule has 29 heavy (non-hydrogen) atoms. The Morgan fingerprint density at radius 1 is 1.10 bits per heavy atom. The summed E-state index contributed by atoms with van der Waals surface area (Å²) in [6, 6.07) is 15.6. The zero-order valence-corrected chi connectivity index (χ0v) is 17.9. The standard InChI is InChI=1S/C23H31N3O3/c1-6-22(27)24-20-12-13-21(25(3)4)19(14-20)15-26(23(28)16-29-5)17(2)18-10-8-7-9-11-18/h7-14,17H,6,15-16H2,1-5H3,(H,24,27). The molecule has 0 bridgehead atoms. The summed E-state index contributed by atoms with van der Waals surface area (Å²) in [5.74, 6) is -0.130. The highest BCUT2D eigenvalue weighted by Crippen LogP contribution is 2.29. The Morgan fingerprint density at radius 2 is 1.79 bits per heavy atom. The molecule has 2 aromatic rings. The first-order valence-corrected chi connectivity index (χ1v) is 9.80. The minimum absolute atomic E-state index is 0.0146. The van der Waals surface area contributed by atoms with Gasteiger partial charge in [0.2, 0.25) is 11.8 Å². The van der Waals surface area contributed by atoms with Gasteiger partial charge < -0.3 is 19.9 Å². The van der Waals surface area contributed by atoms with Crippen LogP contribution in [0.5, 0.6) is 0 Å². The van der Waals surface area contributed by atoms with Crippen molar-refractivity contribution in [1.29, 1.82) is 0 Å². The Bertz CT molecular complexity index is 821. The van der Waals surface area contributed by atoms with Crippen molar-refractivity contribution in [2.45, 2.75) is 32.9 Å². The van der Waals surface area contributed by atoms with E-state index >= 15 is 0 Å². The van der Waals surface area contributed by atoms with Gasteiger partial charge in [-0.3, -0.25) is 9.59 Å². The predicted octanol–water partition coefficient (Wildman–Crippen LogP) is 3.84.